The molecule has 0 aliphatic heterocycles. The molecule has 0 aromatic carbocycles. The molecule has 2 amide bonds. The van der Waals surface area contributed by atoms with Crippen molar-refractivity contribution in [3.05, 3.63) is 60.8 Å². The van der Waals surface area contributed by atoms with Crippen molar-refractivity contribution >= 4 is 19.6 Å². The number of phosphoric acid groups is 1. The number of ether oxygens (including phenoxy) is 1. The molecule has 0 aliphatic rings. The van der Waals surface area contributed by atoms with Crippen LogP contribution in [0.1, 0.15) is 77.6 Å². The SMILES string of the molecule is CC/C=C\C/C=C\C/C=C\C/C=C\C/C=C\CCCC(=O)N[C@@H](COP(=O)([O-])OCC[N+](C)(C)C)C(=O)NCCCCC(CO)COC. The minimum absolute atomic E-state index is 0.0266. The number of carbonyl (C=O) groups is 2. The average Bonchev–Trinajstić information content (AvgIpc) is 3.02. The molecule has 3 atom stereocenters. The van der Waals surface area contributed by atoms with Crippen molar-refractivity contribution in [1.82, 2.24) is 10.6 Å². The zero-order chi connectivity index (χ0) is 35.9. The molecule has 0 fully saturated rings. The van der Waals surface area contributed by atoms with Gasteiger partial charge in [0.1, 0.15) is 19.2 Å². The van der Waals surface area contributed by atoms with Crippen molar-refractivity contribution in [2.45, 2.75) is 83.6 Å². The summed E-state index contributed by atoms with van der Waals surface area (Å²) in [5.74, 6) is -0.879. The van der Waals surface area contributed by atoms with Crippen LogP contribution in [-0.2, 0) is 27.9 Å². The lowest BCUT2D eigenvalue weighted by molar-refractivity contribution is -0.870. The van der Waals surface area contributed by atoms with Gasteiger partial charge in [-0.05, 0) is 57.8 Å². The van der Waals surface area contributed by atoms with Gasteiger partial charge in [-0.2, -0.15) is 0 Å². The molecule has 0 rings (SSSR count). The number of hydrogen-bond donors (Lipinski definition) is 3. The highest BCUT2D eigenvalue weighted by Gasteiger charge is 2.24. The van der Waals surface area contributed by atoms with E-state index in [0.29, 0.717) is 43.4 Å². The van der Waals surface area contributed by atoms with Crippen LogP contribution in [-0.4, -0.2) is 95.2 Å². The van der Waals surface area contributed by atoms with Crippen molar-refractivity contribution in [2.24, 2.45) is 5.92 Å². The number of nitrogens with one attached hydrogen (secondary N) is 2. The van der Waals surface area contributed by atoms with E-state index < -0.39 is 26.4 Å². The molecule has 0 aliphatic carbocycles. The number of methoxy groups -OCH3 is 1. The molecule has 2 unspecified atom stereocenters. The van der Waals surface area contributed by atoms with Crippen LogP contribution in [0.2, 0.25) is 0 Å². The number of likely N-dealkylation sites (N-methyl/N-ethyl adjacent to an activating group) is 1. The number of aliphatic hydroxyl groups is 1. The van der Waals surface area contributed by atoms with Crippen LogP contribution in [0.15, 0.2) is 60.8 Å². The second-order valence-electron chi connectivity index (χ2n) is 12.6. The molecule has 0 aromatic rings. The maximum Gasteiger partial charge on any atom is 0.268 e. The lowest BCUT2D eigenvalue weighted by Crippen LogP contribution is -2.49. The summed E-state index contributed by atoms with van der Waals surface area (Å²) in [5.41, 5.74) is 0. The molecule has 12 heteroatoms. The molecule has 0 saturated heterocycles. The van der Waals surface area contributed by atoms with Crippen molar-refractivity contribution in [3.63, 3.8) is 0 Å². The number of aliphatic hydroxyl groups excluding tert-OH is 1. The fourth-order valence-electron chi connectivity index (χ4n) is 4.18. The monoisotopic (exact) mass is 697 g/mol. The number of allylic oxidation sites excluding steroid dienone is 10. The molecule has 0 bridgehead atoms. The zero-order valence-corrected chi connectivity index (χ0v) is 31.0. The second-order valence-corrected chi connectivity index (χ2v) is 14.0. The number of phosphoric ester groups is 1. The highest BCUT2D eigenvalue weighted by molar-refractivity contribution is 7.45. The lowest BCUT2D eigenvalue weighted by atomic mass is 10.0. The Kier molecular flexibility index (Phi) is 28.1. The minimum atomic E-state index is -4.68. The lowest BCUT2D eigenvalue weighted by Gasteiger charge is -2.28. The number of carbonyl (C=O) groups excluding carboxylic acids is 2. The Morgan fingerprint density at radius 1 is 0.854 bits per heavy atom. The number of nitrogens with zero attached hydrogens (tertiary/aromatic N) is 1. The summed E-state index contributed by atoms with van der Waals surface area (Å²) in [7, 11) is 2.61. The summed E-state index contributed by atoms with van der Waals surface area (Å²) < 4.78 is 27.8. The highest BCUT2D eigenvalue weighted by Crippen LogP contribution is 2.38. The molecular weight excluding hydrogens is 633 g/mol. The van der Waals surface area contributed by atoms with Crippen LogP contribution in [0.3, 0.4) is 0 Å². The van der Waals surface area contributed by atoms with E-state index in [4.69, 9.17) is 13.8 Å². The first kappa shape index (κ1) is 45.6. The zero-order valence-electron chi connectivity index (χ0n) is 30.1. The van der Waals surface area contributed by atoms with Gasteiger partial charge in [0.05, 0.1) is 34.4 Å². The van der Waals surface area contributed by atoms with Crippen LogP contribution in [0.5, 0.6) is 0 Å². The number of quaternary nitrogens is 1. The Labute approximate surface area is 290 Å². The van der Waals surface area contributed by atoms with E-state index in [0.717, 1.165) is 44.9 Å². The third-order valence-electron chi connectivity index (χ3n) is 6.99. The Morgan fingerprint density at radius 2 is 1.44 bits per heavy atom. The molecule has 0 saturated carbocycles. The van der Waals surface area contributed by atoms with E-state index in [1.807, 2.05) is 27.2 Å². The van der Waals surface area contributed by atoms with Gasteiger partial charge < -0.3 is 38.9 Å². The number of hydrogen-bond acceptors (Lipinski definition) is 8. The van der Waals surface area contributed by atoms with Gasteiger partial charge in [-0.1, -0.05) is 74.1 Å². The number of amides is 2. The summed E-state index contributed by atoms with van der Waals surface area (Å²) in [6, 6.07) is -1.20. The predicted molar refractivity (Wildman–Crippen MR) is 192 cm³/mol. The first-order chi connectivity index (χ1) is 22.9. The third-order valence-corrected chi connectivity index (χ3v) is 7.96. The van der Waals surface area contributed by atoms with Crippen molar-refractivity contribution in [3.8, 4) is 0 Å². The molecule has 3 N–H and O–H groups in total. The van der Waals surface area contributed by atoms with Crippen LogP contribution >= 0.6 is 7.82 Å². The van der Waals surface area contributed by atoms with Crippen LogP contribution in [0.25, 0.3) is 0 Å². The quantitative estimate of drug-likeness (QED) is 0.0405. The third kappa shape index (κ3) is 29.7. The maximum absolute atomic E-state index is 12.9. The van der Waals surface area contributed by atoms with Crippen molar-refractivity contribution in [1.29, 1.82) is 0 Å². The topological polar surface area (TPSA) is 146 Å². The molecule has 0 spiro atoms. The Balaban J connectivity index is 4.66. The van der Waals surface area contributed by atoms with Gasteiger partial charge in [0.25, 0.3) is 7.82 Å². The standard InChI is InChI=1S/C36H64N3O8P/c1-6-7-8-9-10-11-12-13-14-15-16-17-18-19-20-21-22-26-35(41)38-34(32-47-48(43,44)46-29-28-39(2,3)4)36(42)37-27-24-23-25-33(30-40)31-45-5/h7-8,10-11,13-14,16-17,19-20,33-34,40H,6,9,12,15,18,21-32H2,1-5H3,(H2-,37,38,41,42,43,44)/b8-7-,11-10-,14-13-,17-16-,20-19-/t33?,34-/m0/s1. The molecule has 0 aromatic heterocycles. The summed E-state index contributed by atoms with van der Waals surface area (Å²) in [4.78, 5) is 37.9. The number of rotatable bonds is 30. The summed E-state index contributed by atoms with van der Waals surface area (Å²) in [5, 5.41) is 14.8. The van der Waals surface area contributed by atoms with Gasteiger partial charge >= 0.3 is 0 Å². The summed E-state index contributed by atoms with van der Waals surface area (Å²) >= 11 is 0. The smallest absolute Gasteiger partial charge is 0.268 e. The van der Waals surface area contributed by atoms with E-state index >= 15 is 0 Å². The second kappa shape index (κ2) is 29.5. The van der Waals surface area contributed by atoms with Gasteiger partial charge in [-0.3, -0.25) is 14.2 Å². The van der Waals surface area contributed by atoms with E-state index in [1.165, 1.54) is 0 Å². The molecule has 0 radical (unpaired) electrons. The molecule has 11 nitrogen and oxygen atoms in total. The van der Waals surface area contributed by atoms with E-state index in [2.05, 4.69) is 72.2 Å². The maximum atomic E-state index is 12.9. The van der Waals surface area contributed by atoms with Crippen LogP contribution in [0, 0.1) is 5.92 Å². The van der Waals surface area contributed by atoms with Gasteiger partial charge in [0.2, 0.25) is 11.8 Å². The van der Waals surface area contributed by atoms with Gasteiger partial charge in [-0.15, -0.1) is 0 Å². The predicted octanol–water partition coefficient (Wildman–Crippen LogP) is 5.14. The molecule has 48 heavy (non-hydrogen) atoms. The molecule has 0 heterocycles. The Bertz CT molecular complexity index is 1040. The van der Waals surface area contributed by atoms with Crippen LogP contribution in [0.4, 0.5) is 0 Å². The summed E-state index contributed by atoms with van der Waals surface area (Å²) in [6.45, 7) is 2.74. The Hall–Kier alpha value is -2.37. The van der Waals surface area contributed by atoms with Gasteiger partial charge in [0.15, 0.2) is 0 Å². The fraction of sp³-hybridized carbons (Fsp3) is 0.667. The first-order valence-corrected chi connectivity index (χ1v) is 18.7. The molecule has 276 valence electrons. The largest absolute Gasteiger partial charge is 0.756 e. The van der Waals surface area contributed by atoms with E-state index in [-0.39, 0.29) is 31.5 Å². The van der Waals surface area contributed by atoms with Crippen molar-refractivity contribution in [2.75, 3.05) is 67.8 Å². The van der Waals surface area contributed by atoms with E-state index in [9.17, 15) is 24.2 Å². The van der Waals surface area contributed by atoms with Crippen molar-refractivity contribution < 1.29 is 42.4 Å². The normalized spacial score (nSPS) is 15.2. The highest BCUT2D eigenvalue weighted by atomic mass is 31.2. The molecular formula is C36H64N3O8P. The number of unbranched alkanes of at least 4 members (excludes halogenated alkanes) is 2. The minimum Gasteiger partial charge on any atom is -0.756 e. The van der Waals surface area contributed by atoms with E-state index in [1.54, 1.807) is 7.11 Å². The van der Waals surface area contributed by atoms with Gasteiger partial charge in [-0.25, -0.2) is 0 Å². The average molecular weight is 698 g/mol. The van der Waals surface area contributed by atoms with Gasteiger partial charge in [0, 0.05) is 32.6 Å². The fourth-order valence-corrected chi connectivity index (χ4v) is 4.90. The van der Waals surface area contributed by atoms with Crippen LogP contribution < -0.4 is 15.5 Å². The first-order valence-electron chi connectivity index (χ1n) is 17.3. The summed E-state index contributed by atoms with van der Waals surface area (Å²) in [6.07, 6.45) is 29.6. The Morgan fingerprint density at radius 3 is 1.98 bits per heavy atom.